The predicted molar refractivity (Wildman–Crippen MR) is 90.7 cm³/mol. The molecule has 0 N–H and O–H groups in total. The van der Waals surface area contributed by atoms with E-state index in [9.17, 15) is 4.79 Å². The van der Waals surface area contributed by atoms with Gasteiger partial charge in [-0.2, -0.15) is 0 Å². The minimum Gasteiger partial charge on any atom is -0.424 e. The van der Waals surface area contributed by atoms with Gasteiger partial charge in [0, 0.05) is 38.3 Å². The number of hydrogen-bond donors (Lipinski definition) is 0. The van der Waals surface area contributed by atoms with E-state index in [2.05, 4.69) is 20.1 Å². The van der Waals surface area contributed by atoms with E-state index in [0.29, 0.717) is 36.0 Å². The highest BCUT2D eigenvalue weighted by atomic mass is 16.4. The molecule has 0 aromatic carbocycles. The largest absolute Gasteiger partial charge is 0.424 e. The number of piperidine rings is 1. The SMILES string of the molecule is CCc1nnc(CN2C[C@@H]3CC[C@H]2CN(C(=O)c2ccccn2)C3)o1. The molecular weight excluding hydrogens is 318 g/mol. The number of fused-ring (bicyclic) bond motifs is 4. The number of aromatic nitrogens is 3. The lowest BCUT2D eigenvalue weighted by molar-refractivity contribution is 0.0727. The topological polar surface area (TPSA) is 75.4 Å². The Morgan fingerprint density at radius 3 is 2.84 bits per heavy atom. The third-order valence-electron chi connectivity index (χ3n) is 5.15. The molecule has 0 saturated carbocycles. The van der Waals surface area contributed by atoms with Crippen molar-refractivity contribution in [3.63, 3.8) is 0 Å². The molecule has 3 aliphatic rings. The molecule has 0 unspecified atom stereocenters. The van der Waals surface area contributed by atoms with Crippen LogP contribution < -0.4 is 0 Å². The first-order valence-corrected chi connectivity index (χ1v) is 8.98. The van der Waals surface area contributed by atoms with Gasteiger partial charge in [0.1, 0.15) is 5.69 Å². The highest BCUT2D eigenvalue weighted by molar-refractivity contribution is 5.92. The van der Waals surface area contributed by atoms with Gasteiger partial charge < -0.3 is 9.32 Å². The van der Waals surface area contributed by atoms with Gasteiger partial charge in [0.05, 0.1) is 6.54 Å². The van der Waals surface area contributed by atoms with E-state index < -0.39 is 0 Å². The minimum atomic E-state index is 0.0328. The minimum absolute atomic E-state index is 0.0328. The molecule has 2 aromatic heterocycles. The van der Waals surface area contributed by atoms with Gasteiger partial charge in [-0.15, -0.1) is 10.2 Å². The zero-order chi connectivity index (χ0) is 17.2. The zero-order valence-corrected chi connectivity index (χ0v) is 14.5. The summed E-state index contributed by atoms with van der Waals surface area (Å²) >= 11 is 0. The fourth-order valence-corrected chi connectivity index (χ4v) is 3.86. The smallest absolute Gasteiger partial charge is 0.272 e. The summed E-state index contributed by atoms with van der Waals surface area (Å²) in [5.41, 5.74) is 0.528. The normalized spacial score (nSPS) is 23.6. The van der Waals surface area contributed by atoms with Crippen molar-refractivity contribution in [2.45, 2.75) is 38.8 Å². The lowest BCUT2D eigenvalue weighted by atomic mass is 9.95. The summed E-state index contributed by atoms with van der Waals surface area (Å²) in [6.45, 7) is 5.18. The molecule has 1 amide bonds. The Balaban J connectivity index is 1.47. The molecule has 3 fully saturated rings. The number of carbonyl (C=O) groups is 1. The first kappa shape index (κ1) is 16.2. The molecule has 5 heterocycles. The van der Waals surface area contributed by atoms with Gasteiger partial charge in [-0.1, -0.05) is 13.0 Å². The van der Waals surface area contributed by atoms with E-state index in [0.717, 1.165) is 38.9 Å². The van der Waals surface area contributed by atoms with E-state index in [1.807, 2.05) is 24.0 Å². The van der Waals surface area contributed by atoms with Gasteiger partial charge in [-0.05, 0) is 30.9 Å². The van der Waals surface area contributed by atoms with Crippen LogP contribution in [-0.2, 0) is 13.0 Å². The summed E-state index contributed by atoms with van der Waals surface area (Å²) < 4.78 is 5.67. The van der Waals surface area contributed by atoms with E-state index in [4.69, 9.17) is 4.42 Å². The zero-order valence-electron chi connectivity index (χ0n) is 14.5. The lowest BCUT2D eigenvalue weighted by Crippen LogP contribution is -2.44. The average Bonchev–Trinajstić information content (AvgIpc) is 2.91. The Kier molecular flexibility index (Phi) is 4.48. The van der Waals surface area contributed by atoms with E-state index in [-0.39, 0.29) is 5.91 Å². The Morgan fingerprint density at radius 2 is 2.08 bits per heavy atom. The molecule has 3 saturated heterocycles. The molecule has 2 bridgehead atoms. The van der Waals surface area contributed by atoms with Crippen LogP contribution in [0.1, 0.15) is 42.0 Å². The maximum absolute atomic E-state index is 12.8. The summed E-state index contributed by atoms with van der Waals surface area (Å²) in [7, 11) is 0. The van der Waals surface area contributed by atoms with Crippen molar-refractivity contribution < 1.29 is 9.21 Å². The van der Waals surface area contributed by atoms with Crippen LogP contribution in [0.3, 0.4) is 0 Å². The van der Waals surface area contributed by atoms with Crippen LogP contribution in [0.2, 0.25) is 0 Å². The molecule has 7 heteroatoms. The van der Waals surface area contributed by atoms with Gasteiger partial charge >= 0.3 is 0 Å². The molecule has 5 rings (SSSR count). The molecule has 132 valence electrons. The average molecular weight is 341 g/mol. The van der Waals surface area contributed by atoms with Crippen LogP contribution in [0.15, 0.2) is 28.8 Å². The van der Waals surface area contributed by atoms with Crippen molar-refractivity contribution in [2.75, 3.05) is 19.6 Å². The highest BCUT2D eigenvalue weighted by Crippen LogP contribution is 2.29. The number of pyridine rings is 1. The van der Waals surface area contributed by atoms with Gasteiger partial charge in [0.25, 0.3) is 5.91 Å². The van der Waals surface area contributed by atoms with Crippen molar-refractivity contribution >= 4 is 5.91 Å². The van der Waals surface area contributed by atoms with Gasteiger partial charge in [0.2, 0.25) is 11.8 Å². The summed E-state index contributed by atoms with van der Waals surface area (Å²) in [6, 6.07) is 5.82. The number of rotatable bonds is 4. The quantitative estimate of drug-likeness (QED) is 0.843. The number of carbonyl (C=O) groups excluding carboxylic acids is 1. The summed E-state index contributed by atoms with van der Waals surface area (Å²) in [6.07, 6.45) is 4.70. The summed E-state index contributed by atoms with van der Waals surface area (Å²) in [5, 5.41) is 8.20. The molecule has 0 radical (unpaired) electrons. The second-order valence-corrected chi connectivity index (χ2v) is 6.89. The maximum Gasteiger partial charge on any atom is 0.272 e. The Labute approximate surface area is 147 Å². The Morgan fingerprint density at radius 1 is 1.20 bits per heavy atom. The third-order valence-corrected chi connectivity index (χ3v) is 5.15. The van der Waals surface area contributed by atoms with Crippen LogP contribution >= 0.6 is 0 Å². The van der Waals surface area contributed by atoms with E-state index >= 15 is 0 Å². The standard InChI is InChI=1S/C18H23N5O2/c1-2-16-20-21-17(25-16)12-22-9-13-6-7-14(22)11-23(10-13)18(24)15-5-3-4-8-19-15/h3-5,8,13-14H,2,6-7,9-12H2,1H3/t13-,14-/m0/s1. The number of nitrogens with zero attached hydrogens (tertiary/aromatic N) is 5. The predicted octanol–water partition coefficient (Wildman–Crippen LogP) is 1.76. The van der Waals surface area contributed by atoms with Crippen LogP contribution in [0.25, 0.3) is 0 Å². The second kappa shape index (κ2) is 6.92. The molecule has 25 heavy (non-hydrogen) atoms. The first-order chi connectivity index (χ1) is 12.2. The molecular formula is C18H23N5O2. The van der Waals surface area contributed by atoms with Crippen molar-refractivity contribution in [3.05, 3.63) is 41.9 Å². The third kappa shape index (κ3) is 3.42. The number of aryl methyl sites for hydroxylation is 1. The van der Waals surface area contributed by atoms with Crippen molar-refractivity contribution in [3.8, 4) is 0 Å². The summed E-state index contributed by atoms with van der Waals surface area (Å²) in [4.78, 5) is 21.4. The number of hydrogen-bond acceptors (Lipinski definition) is 6. The molecule has 0 aliphatic carbocycles. The maximum atomic E-state index is 12.8. The fourth-order valence-electron chi connectivity index (χ4n) is 3.86. The lowest BCUT2D eigenvalue weighted by Gasteiger charge is -2.34. The first-order valence-electron chi connectivity index (χ1n) is 8.98. The monoisotopic (exact) mass is 341 g/mol. The van der Waals surface area contributed by atoms with Crippen molar-refractivity contribution in [2.24, 2.45) is 5.92 Å². The molecule has 2 atom stereocenters. The molecule has 0 spiro atoms. The van der Waals surface area contributed by atoms with Crippen molar-refractivity contribution in [1.82, 2.24) is 25.0 Å². The van der Waals surface area contributed by atoms with Crippen LogP contribution in [0, 0.1) is 5.92 Å². The summed E-state index contributed by atoms with van der Waals surface area (Å²) in [5.74, 6) is 1.87. The Hall–Kier alpha value is -2.28. The molecule has 3 aliphatic heterocycles. The molecule has 7 nitrogen and oxygen atoms in total. The molecule has 2 aromatic rings. The number of amides is 1. The van der Waals surface area contributed by atoms with Crippen molar-refractivity contribution in [1.29, 1.82) is 0 Å². The Bertz CT molecular complexity index is 732. The fraction of sp³-hybridized carbons (Fsp3) is 0.556. The van der Waals surface area contributed by atoms with E-state index in [1.165, 1.54) is 0 Å². The van der Waals surface area contributed by atoms with Crippen LogP contribution in [0.5, 0.6) is 0 Å². The van der Waals surface area contributed by atoms with Gasteiger partial charge in [-0.3, -0.25) is 14.7 Å². The second-order valence-electron chi connectivity index (χ2n) is 6.89. The van der Waals surface area contributed by atoms with Gasteiger partial charge in [-0.25, -0.2) is 0 Å². The van der Waals surface area contributed by atoms with E-state index in [1.54, 1.807) is 12.3 Å². The van der Waals surface area contributed by atoms with Crippen LogP contribution in [0.4, 0.5) is 0 Å². The highest BCUT2D eigenvalue weighted by Gasteiger charge is 2.37. The van der Waals surface area contributed by atoms with Gasteiger partial charge in [0.15, 0.2) is 0 Å². The van der Waals surface area contributed by atoms with Crippen LogP contribution in [-0.4, -0.2) is 56.6 Å².